The number of nitrogens with zero attached hydrogens (tertiary/aromatic N) is 2. The number of methoxy groups -OCH3 is 1. The second-order valence-corrected chi connectivity index (χ2v) is 3.73. The van der Waals surface area contributed by atoms with Crippen molar-refractivity contribution in [2.24, 2.45) is 0 Å². The summed E-state index contributed by atoms with van der Waals surface area (Å²) in [5, 5.41) is 0. The van der Waals surface area contributed by atoms with Crippen LogP contribution in [0.2, 0.25) is 0 Å². The van der Waals surface area contributed by atoms with Gasteiger partial charge >= 0.3 is 0 Å². The Morgan fingerprint density at radius 3 is 3.00 bits per heavy atom. The molecule has 10 heavy (non-hydrogen) atoms. The lowest BCUT2D eigenvalue weighted by atomic mass is 10.4. The van der Waals surface area contributed by atoms with Crippen LogP contribution in [0.15, 0.2) is 3.92 Å². The van der Waals surface area contributed by atoms with Crippen LogP contribution in [0.5, 0.6) is 0 Å². The van der Waals surface area contributed by atoms with E-state index < -0.39 is 0 Å². The molecule has 0 aliphatic carbocycles. The van der Waals surface area contributed by atoms with Gasteiger partial charge in [-0.25, -0.2) is 4.98 Å². The Morgan fingerprint density at radius 1 is 1.70 bits per heavy atom. The summed E-state index contributed by atoms with van der Waals surface area (Å²) in [6, 6.07) is 0. The Bertz CT molecular complexity index is 203. The summed E-state index contributed by atoms with van der Waals surface area (Å²) in [5.74, 6) is 0.846. The maximum Gasteiger partial charge on any atom is 0.179 e. The molecule has 3 nitrogen and oxygen atoms in total. The molecule has 0 saturated carbocycles. The number of halogens is 1. The number of ether oxygens (including phenoxy) is 1. The Morgan fingerprint density at radius 2 is 2.50 bits per heavy atom. The third-order valence-corrected chi connectivity index (χ3v) is 2.13. The maximum atomic E-state index is 4.86. The molecule has 1 aromatic heterocycles. The van der Waals surface area contributed by atoms with E-state index in [1.165, 1.54) is 11.5 Å². The predicted octanol–water partition coefficient (Wildman–Crippen LogP) is 1.49. The Labute approximate surface area is 71.7 Å². The van der Waals surface area contributed by atoms with Crippen LogP contribution in [0.25, 0.3) is 0 Å². The lowest BCUT2D eigenvalue weighted by Gasteiger charge is -1.90. The van der Waals surface area contributed by atoms with Crippen molar-refractivity contribution in [2.75, 3.05) is 13.7 Å². The molecular formula is C5H7BrN2OS. The van der Waals surface area contributed by atoms with Gasteiger partial charge in [-0.3, -0.25) is 0 Å². The molecule has 0 aliphatic heterocycles. The maximum absolute atomic E-state index is 4.86. The molecule has 0 amide bonds. The van der Waals surface area contributed by atoms with Crippen molar-refractivity contribution in [3.63, 3.8) is 0 Å². The van der Waals surface area contributed by atoms with Gasteiger partial charge in [0.25, 0.3) is 0 Å². The SMILES string of the molecule is COCCc1nsc(Br)n1. The predicted molar refractivity (Wildman–Crippen MR) is 43.2 cm³/mol. The van der Waals surface area contributed by atoms with Gasteiger partial charge in [0.15, 0.2) is 3.92 Å². The van der Waals surface area contributed by atoms with E-state index in [4.69, 9.17) is 4.74 Å². The normalized spacial score (nSPS) is 10.2. The minimum atomic E-state index is 0.684. The smallest absolute Gasteiger partial charge is 0.179 e. The summed E-state index contributed by atoms with van der Waals surface area (Å²) in [5.41, 5.74) is 0. The van der Waals surface area contributed by atoms with Crippen LogP contribution in [-0.2, 0) is 11.2 Å². The summed E-state index contributed by atoms with van der Waals surface area (Å²) in [6.45, 7) is 0.684. The molecule has 0 saturated heterocycles. The van der Waals surface area contributed by atoms with Crippen molar-refractivity contribution in [1.29, 1.82) is 0 Å². The molecule has 0 radical (unpaired) electrons. The second kappa shape index (κ2) is 4.00. The molecular weight excluding hydrogens is 216 g/mol. The molecule has 0 unspecified atom stereocenters. The Balaban J connectivity index is 2.42. The summed E-state index contributed by atoms with van der Waals surface area (Å²) < 4.78 is 9.75. The average Bonchev–Trinajstić information content (AvgIpc) is 2.31. The molecule has 1 heterocycles. The van der Waals surface area contributed by atoms with Gasteiger partial charge in [0.2, 0.25) is 0 Å². The molecule has 0 N–H and O–H groups in total. The minimum absolute atomic E-state index is 0.684. The van der Waals surface area contributed by atoms with E-state index in [2.05, 4.69) is 25.3 Å². The van der Waals surface area contributed by atoms with Crippen LogP contribution in [0.3, 0.4) is 0 Å². The van der Waals surface area contributed by atoms with Gasteiger partial charge in [-0.1, -0.05) is 0 Å². The number of aromatic nitrogens is 2. The number of rotatable bonds is 3. The van der Waals surface area contributed by atoms with Gasteiger partial charge in [0.1, 0.15) is 5.82 Å². The van der Waals surface area contributed by atoms with Crippen LogP contribution in [-0.4, -0.2) is 23.1 Å². The molecule has 0 aliphatic rings. The van der Waals surface area contributed by atoms with Crippen LogP contribution in [0.4, 0.5) is 0 Å². The zero-order chi connectivity index (χ0) is 7.40. The first-order valence-corrected chi connectivity index (χ1v) is 4.36. The van der Waals surface area contributed by atoms with E-state index in [0.29, 0.717) is 6.61 Å². The van der Waals surface area contributed by atoms with Gasteiger partial charge in [-0.15, -0.1) is 0 Å². The second-order valence-electron chi connectivity index (χ2n) is 1.71. The van der Waals surface area contributed by atoms with Gasteiger partial charge in [-0.2, -0.15) is 4.37 Å². The molecule has 1 rings (SSSR count). The van der Waals surface area contributed by atoms with E-state index in [0.717, 1.165) is 16.2 Å². The highest BCUT2D eigenvalue weighted by molar-refractivity contribution is 9.11. The lowest BCUT2D eigenvalue weighted by Crippen LogP contribution is -1.95. The first kappa shape index (κ1) is 8.10. The van der Waals surface area contributed by atoms with E-state index in [1.807, 2.05) is 0 Å². The number of hydrogen-bond donors (Lipinski definition) is 0. The molecule has 5 heteroatoms. The van der Waals surface area contributed by atoms with Crippen molar-refractivity contribution in [3.8, 4) is 0 Å². The molecule has 0 aromatic carbocycles. The van der Waals surface area contributed by atoms with Crippen LogP contribution in [0.1, 0.15) is 5.82 Å². The highest BCUT2D eigenvalue weighted by atomic mass is 79.9. The van der Waals surface area contributed by atoms with Crippen molar-refractivity contribution in [1.82, 2.24) is 9.36 Å². The van der Waals surface area contributed by atoms with Gasteiger partial charge in [0, 0.05) is 13.5 Å². The fraction of sp³-hybridized carbons (Fsp3) is 0.600. The summed E-state index contributed by atoms with van der Waals surface area (Å²) in [6.07, 6.45) is 0.790. The Hall–Kier alpha value is -0.0000000000000000555. The quantitative estimate of drug-likeness (QED) is 0.778. The fourth-order valence-electron chi connectivity index (χ4n) is 0.528. The largest absolute Gasteiger partial charge is 0.384 e. The van der Waals surface area contributed by atoms with Gasteiger partial charge in [0.05, 0.1) is 6.61 Å². The molecule has 0 fully saturated rings. The van der Waals surface area contributed by atoms with Gasteiger partial charge < -0.3 is 4.74 Å². The fourth-order valence-corrected chi connectivity index (χ4v) is 1.41. The first-order valence-electron chi connectivity index (χ1n) is 2.80. The third kappa shape index (κ3) is 2.32. The average molecular weight is 223 g/mol. The first-order chi connectivity index (χ1) is 4.83. The van der Waals surface area contributed by atoms with E-state index in [-0.39, 0.29) is 0 Å². The topological polar surface area (TPSA) is 35.0 Å². The van der Waals surface area contributed by atoms with Crippen LogP contribution >= 0.6 is 27.5 Å². The molecule has 0 spiro atoms. The lowest BCUT2D eigenvalue weighted by molar-refractivity contribution is 0.201. The van der Waals surface area contributed by atoms with E-state index >= 15 is 0 Å². The van der Waals surface area contributed by atoms with Crippen molar-refractivity contribution >= 4 is 27.5 Å². The zero-order valence-corrected chi connectivity index (χ0v) is 7.91. The molecule has 1 aromatic rings. The van der Waals surface area contributed by atoms with Crippen molar-refractivity contribution in [3.05, 3.63) is 9.74 Å². The third-order valence-electron chi connectivity index (χ3n) is 0.973. The summed E-state index contributed by atoms with van der Waals surface area (Å²) in [4.78, 5) is 4.09. The summed E-state index contributed by atoms with van der Waals surface area (Å²) in [7, 11) is 1.67. The van der Waals surface area contributed by atoms with Crippen molar-refractivity contribution in [2.45, 2.75) is 6.42 Å². The van der Waals surface area contributed by atoms with E-state index in [9.17, 15) is 0 Å². The Kier molecular flexibility index (Phi) is 3.24. The minimum Gasteiger partial charge on any atom is -0.384 e. The van der Waals surface area contributed by atoms with Crippen molar-refractivity contribution < 1.29 is 4.74 Å². The van der Waals surface area contributed by atoms with Crippen LogP contribution in [0, 0.1) is 0 Å². The molecule has 56 valence electrons. The number of hydrogen-bond acceptors (Lipinski definition) is 4. The highest BCUT2D eigenvalue weighted by Gasteiger charge is 1.98. The van der Waals surface area contributed by atoms with Crippen LogP contribution < -0.4 is 0 Å². The summed E-state index contributed by atoms with van der Waals surface area (Å²) >= 11 is 4.58. The highest BCUT2D eigenvalue weighted by Crippen LogP contribution is 2.11. The monoisotopic (exact) mass is 222 g/mol. The van der Waals surface area contributed by atoms with Gasteiger partial charge in [-0.05, 0) is 27.5 Å². The molecule has 0 bridgehead atoms. The van der Waals surface area contributed by atoms with E-state index in [1.54, 1.807) is 7.11 Å². The zero-order valence-electron chi connectivity index (χ0n) is 5.50. The molecule has 0 atom stereocenters. The standard InChI is InChI=1S/C5H7BrN2OS/c1-9-3-2-4-7-5(6)10-8-4/h2-3H2,1H3.